The van der Waals surface area contributed by atoms with E-state index in [9.17, 15) is 4.79 Å². The van der Waals surface area contributed by atoms with Crippen LogP contribution in [0.15, 0.2) is 35.4 Å². The van der Waals surface area contributed by atoms with E-state index in [0.717, 1.165) is 5.39 Å². The van der Waals surface area contributed by atoms with Gasteiger partial charge in [0.05, 0.1) is 28.5 Å². The van der Waals surface area contributed by atoms with Crippen LogP contribution in [0.25, 0.3) is 22.0 Å². The van der Waals surface area contributed by atoms with Crippen molar-refractivity contribution >= 4 is 28.3 Å². The van der Waals surface area contributed by atoms with Crippen molar-refractivity contribution < 1.29 is 0 Å². The number of fused-ring (bicyclic) bond motifs is 1. The number of anilines is 1. The van der Waals surface area contributed by atoms with Crippen molar-refractivity contribution in [1.29, 1.82) is 0 Å². The molecule has 6 nitrogen and oxygen atoms in total. The standard InChI is InChI=1S/C12H8ClN5O/c13-9-5-15-12(14)17-10(9)6-1-2-7-4-16-18-11(19)8(7)3-6/h1-5H,(H,18,19)(H2,14,15,17). The molecule has 0 bridgehead atoms. The first-order valence-corrected chi connectivity index (χ1v) is 5.79. The molecule has 0 aliphatic heterocycles. The molecule has 0 aliphatic rings. The monoisotopic (exact) mass is 273 g/mol. The number of benzene rings is 1. The Bertz CT molecular complexity index is 830. The third-order valence-electron chi connectivity index (χ3n) is 2.70. The molecule has 0 aliphatic carbocycles. The molecular weight excluding hydrogens is 266 g/mol. The average molecular weight is 274 g/mol. The first-order chi connectivity index (χ1) is 9.15. The molecule has 2 aromatic heterocycles. The van der Waals surface area contributed by atoms with E-state index < -0.39 is 0 Å². The van der Waals surface area contributed by atoms with E-state index in [4.69, 9.17) is 17.3 Å². The van der Waals surface area contributed by atoms with Crippen LogP contribution in [-0.2, 0) is 0 Å². The summed E-state index contributed by atoms with van der Waals surface area (Å²) in [5, 5.41) is 7.75. The van der Waals surface area contributed by atoms with Crippen LogP contribution in [-0.4, -0.2) is 20.2 Å². The quantitative estimate of drug-likeness (QED) is 0.702. The van der Waals surface area contributed by atoms with Gasteiger partial charge in [-0.3, -0.25) is 4.79 Å². The summed E-state index contributed by atoms with van der Waals surface area (Å²) in [7, 11) is 0. The van der Waals surface area contributed by atoms with E-state index in [1.807, 2.05) is 0 Å². The zero-order valence-corrected chi connectivity index (χ0v) is 10.3. The second kappa shape index (κ2) is 4.33. The fraction of sp³-hybridized carbons (Fsp3) is 0. The highest BCUT2D eigenvalue weighted by Crippen LogP contribution is 2.27. The largest absolute Gasteiger partial charge is 0.368 e. The highest BCUT2D eigenvalue weighted by atomic mass is 35.5. The Morgan fingerprint density at radius 1 is 1.26 bits per heavy atom. The fourth-order valence-corrected chi connectivity index (χ4v) is 2.02. The summed E-state index contributed by atoms with van der Waals surface area (Å²) < 4.78 is 0. The van der Waals surface area contributed by atoms with Gasteiger partial charge >= 0.3 is 0 Å². The lowest BCUT2D eigenvalue weighted by Crippen LogP contribution is -2.07. The molecule has 94 valence electrons. The van der Waals surface area contributed by atoms with Crippen molar-refractivity contribution in [3.05, 3.63) is 46.0 Å². The van der Waals surface area contributed by atoms with Gasteiger partial charge in [0.1, 0.15) is 0 Å². The molecule has 3 aromatic rings. The molecule has 0 saturated carbocycles. The van der Waals surface area contributed by atoms with Crippen molar-refractivity contribution in [1.82, 2.24) is 20.2 Å². The van der Waals surface area contributed by atoms with Crippen LogP contribution in [0, 0.1) is 0 Å². The molecule has 7 heteroatoms. The Hall–Kier alpha value is -2.47. The molecule has 0 saturated heterocycles. The summed E-state index contributed by atoms with van der Waals surface area (Å²) in [5.74, 6) is 0.128. The number of rotatable bonds is 1. The van der Waals surface area contributed by atoms with E-state index in [1.54, 1.807) is 24.4 Å². The molecular formula is C12H8ClN5O. The molecule has 19 heavy (non-hydrogen) atoms. The molecule has 0 amide bonds. The molecule has 0 unspecified atom stereocenters. The predicted molar refractivity (Wildman–Crippen MR) is 72.8 cm³/mol. The van der Waals surface area contributed by atoms with Crippen LogP contribution in [0.1, 0.15) is 0 Å². The van der Waals surface area contributed by atoms with Crippen molar-refractivity contribution in [2.75, 3.05) is 5.73 Å². The molecule has 3 rings (SSSR count). The third-order valence-corrected chi connectivity index (χ3v) is 2.98. The summed E-state index contributed by atoms with van der Waals surface area (Å²) in [6, 6.07) is 5.28. The number of nitrogens with two attached hydrogens (primary N) is 1. The van der Waals surface area contributed by atoms with Crippen LogP contribution in [0.2, 0.25) is 5.02 Å². The van der Waals surface area contributed by atoms with Crippen LogP contribution in [0.4, 0.5) is 5.95 Å². The van der Waals surface area contributed by atoms with Gasteiger partial charge in [-0.15, -0.1) is 0 Å². The minimum Gasteiger partial charge on any atom is -0.368 e. The molecule has 0 fully saturated rings. The second-order valence-electron chi connectivity index (χ2n) is 3.93. The Morgan fingerprint density at radius 3 is 2.95 bits per heavy atom. The molecule has 0 atom stereocenters. The summed E-state index contributed by atoms with van der Waals surface area (Å²) in [6.45, 7) is 0. The molecule has 0 spiro atoms. The minimum absolute atomic E-state index is 0.128. The summed E-state index contributed by atoms with van der Waals surface area (Å²) in [6.07, 6.45) is 3.01. The van der Waals surface area contributed by atoms with Crippen molar-refractivity contribution in [2.45, 2.75) is 0 Å². The maximum atomic E-state index is 11.7. The van der Waals surface area contributed by atoms with Crippen molar-refractivity contribution in [2.24, 2.45) is 0 Å². The van der Waals surface area contributed by atoms with E-state index in [-0.39, 0.29) is 11.5 Å². The molecule has 1 aromatic carbocycles. The van der Waals surface area contributed by atoms with E-state index in [0.29, 0.717) is 21.7 Å². The lowest BCUT2D eigenvalue weighted by atomic mass is 10.1. The summed E-state index contributed by atoms with van der Waals surface area (Å²) in [4.78, 5) is 19.6. The normalized spacial score (nSPS) is 10.8. The Labute approximate surface area is 112 Å². The Morgan fingerprint density at radius 2 is 2.11 bits per heavy atom. The van der Waals surface area contributed by atoms with Gasteiger partial charge in [-0.05, 0) is 6.07 Å². The number of nitrogens with zero attached hydrogens (tertiary/aromatic N) is 3. The van der Waals surface area contributed by atoms with Gasteiger partial charge in [-0.25, -0.2) is 15.1 Å². The van der Waals surface area contributed by atoms with Gasteiger partial charge in [0.25, 0.3) is 5.56 Å². The maximum Gasteiger partial charge on any atom is 0.272 e. The van der Waals surface area contributed by atoms with Crippen molar-refractivity contribution in [3.63, 3.8) is 0 Å². The predicted octanol–water partition coefficient (Wildman–Crippen LogP) is 1.62. The summed E-state index contributed by atoms with van der Waals surface area (Å²) in [5.41, 5.74) is 6.47. The number of H-pyrrole nitrogens is 1. The number of nitrogens with one attached hydrogen (secondary N) is 1. The lowest BCUT2D eigenvalue weighted by molar-refractivity contribution is 1.01. The molecule has 3 N–H and O–H groups in total. The molecule has 0 radical (unpaired) electrons. The van der Waals surface area contributed by atoms with Gasteiger partial charge in [0.15, 0.2) is 0 Å². The van der Waals surface area contributed by atoms with Crippen LogP contribution in [0.3, 0.4) is 0 Å². The number of aromatic nitrogens is 4. The van der Waals surface area contributed by atoms with Gasteiger partial charge < -0.3 is 5.73 Å². The van der Waals surface area contributed by atoms with Crippen LogP contribution < -0.4 is 11.3 Å². The lowest BCUT2D eigenvalue weighted by Gasteiger charge is -2.05. The number of nitrogen functional groups attached to an aromatic ring is 1. The van der Waals surface area contributed by atoms with Gasteiger partial charge in [-0.2, -0.15) is 5.10 Å². The maximum absolute atomic E-state index is 11.7. The Balaban J connectivity index is 2.29. The topological polar surface area (TPSA) is 97.5 Å². The first-order valence-electron chi connectivity index (χ1n) is 5.41. The van der Waals surface area contributed by atoms with Gasteiger partial charge in [-0.1, -0.05) is 23.7 Å². The number of hydrogen-bond acceptors (Lipinski definition) is 5. The van der Waals surface area contributed by atoms with E-state index >= 15 is 0 Å². The number of aromatic amines is 1. The van der Waals surface area contributed by atoms with E-state index in [1.165, 1.54) is 6.20 Å². The molecule has 2 heterocycles. The zero-order valence-electron chi connectivity index (χ0n) is 9.59. The number of hydrogen-bond donors (Lipinski definition) is 2. The second-order valence-corrected chi connectivity index (χ2v) is 4.33. The van der Waals surface area contributed by atoms with Gasteiger partial charge in [0, 0.05) is 10.9 Å². The SMILES string of the molecule is Nc1ncc(Cl)c(-c2ccc3cn[nH]c(=O)c3c2)n1. The average Bonchev–Trinajstić information content (AvgIpc) is 2.42. The zero-order chi connectivity index (χ0) is 13.4. The van der Waals surface area contributed by atoms with Gasteiger partial charge in [0.2, 0.25) is 5.95 Å². The highest BCUT2D eigenvalue weighted by Gasteiger charge is 2.09. The summed E-state index contributed by atoms with van der Waals surface area (Å²) >= 11 is 6.04. The Kier molecular flexibility index (Phi) is 2.64. The van der Waals surface area contributed by atoms with Crippen molar-refractivity contribution in [3.8, 4) is 11.3 Å². The highest BCUT2D eigenvalue weighted by molar-refractivity contribution is 6.33. The minimum atomic E-state index is -0.266. The van der Waals surface area contributed by atoms with Crippen LogP contribution in [0.5, 0.6) is 0 Å². The fourth-order valence-electron chi connectivity index (χ4n) is 1.82. The first kappa shape index (κ1) is 11.6. The smallest absolute Gasteiger partial charge is 0.272 e. The third kappa shape index (κ3) is 2.02. The van der Waals surface area contributed by atoms with E-state index in [2.05, 4.69) is 20.2 Å². The number of halogens is 1. The van der Waals surface area contributed by atoms with Crippen LogP contribution >= 0.6 is 11.6 Å².